The van der Waals surface area contributed by atoms with Crippen LogP contribution in [0.25, 0.3) is 16.8 Å². The van der Waals surface area contributed by atoms with Gasteiger partial charge in [-0.2, -0.15) is 5.10 Å². The topological polar surface area (TPSA) is 121 Å². The fourth-order valence-corrected chi connectivity index (χ4v) is 3.77. The van der Waals surface area contributed by atoms with E-state index < -0.39 is 5.91 Å². The van der Waals surface area contributed by atoms with E-state index in [2.05, 4.69) is 10.1 Å². The Kier molecular flexibility index (Phi) is 5.61. The molecule has 0 atom stereocenters. The van der Waals surface area contributed by atoms with E-state index >= 15 is 0 Å². The van der Waals surface area contributed by atoms with Crippen LogP contribution in [0.5, 0.6) is 5.75 Å². The second-order valence-corrected chi connectivity index (χ2v) is 7.82. The third-order valence-electron chi connectivity index (χ3n) is 5.48. The SMILES string of the molecule is NC(=O)c1ccc(Cc2nc(-c3cccc(OCc4ccccc4)c3)c3c(N)ncnn23)cc1. The third kappa shape index (κ3) is 4.29. The number of carbonyl (C=O) groups is 1. The Morgan fingerprint density at radius 1 is 0.941 bits per heavy atom. The fourth-order valence-electron chi connectivity index (χ4n) is 3.77. The highest BCUT2D eigenvalue weighted by Gasteiger charge is 2.18. The van der Waals surface area contributed by atoms with E-state index in [-0.39, 0.29) is 0 Å². The first-order chi connectivity index (χ1) is 16.6. The van der Waals surface area contributed by atoms with Crippen molar-refractivity contribution in [3.8, 4) is 17.0 Å². The van der Waals surface area contributed by atoms with Crippen LogP contribution in [0, 0.1) is 0 Å². The normalized spacial score (nSPS) is 10.9. The van der Waals surface area contributed by atoms with Crippen LogP contribution in [0.1, 0.15) is 27.3 Å². The van der Waals surface area contributed by atoms with Gasteiger partial charge in [0, 0.05) is 17.5 Å². The molecule has 0 aliphatic heterocycles. The van der Waals surface area contributed by atoms with Crippen LogP contribution >= 0.6 is 0 Å². The number of fused-ring (bicyclic) bond motifs is 1. The highest BCUT2D eigenvalue weighted by molar-refractivity contribution is 5.92. The lowest BCUT2D eigenvalue weighted by Crippen LogP contribution is -2.10. The molecule has 8 heteroatoms. The summed E-state index contributed by atoms with van der Waals surface area (Å²) in [4.78, 5) is 20.4. The van der Waals surface area contributed by atoms with Crippen molar-refractivity contribution in [2.75, 3.05) is 5.73 Å². The lowest BCUT2D eigenvalue weighted by molar-refractivity contribution is 0.100. The van der Waals surface area contributed by atoms with Crippen molar-refractivity contribution in [1.29, 1.82) is 0 Å². The van der Waals surface area contributed by atoms with Gasteiger partial charge in [-0.1, -0.05) is 54.6 Å². The zero-order chi connectivity index (χ0) is 23.5. The van der Waals surface area contributed by atoms with Crippen molar-refractivity contribution in [3.05, 3.63) is 108 Å². The van der Waals surface area contributed by atoms with Gasteiger partial charge >= 0.3 is 0 Å². The Bertz CT molecular complexity index is 1460. The number of nitrogens with two attached hydrogens (primary N) is 2. The molecule has 0 aliphatic rings. The molecule has 2 heterocycles. The number of carbonyl (C=O) groups excluding carboxylic acids is 1. The van der Waals surface area contributed by atoms with E-state index in [9.17, 15) is 4.79 Å². The van der Waals surface area contributed by atoms with Crippen LogP contribution in [-0.4, -0.2) is 25.5 Å². The predicted molar refractivity (Wildman–Crippen MR) is 129 cm³/mol. The zero-order valence-corrected chi connectivity index (χ0v) is 18.3. The van der Waals surface area contributed by atoms with Gasteiger partial charge in [-0.05, 0) is 35.4 Å². The molecule has 168 valence electrons. The number of nitrogens with zero attached hydrogens (tertiary/aromatic N) is 4. The molecule has 5 rings (SSSR count). The fraction of sp³-hybridized carbons (Fsp3) is 0.0769. The van der Waals surface area contributed by atoms with E-state index in [1.807, 2.05) is 66.7 Å². The van der Waals surface area contributed by atoms with Gasteiger partial charge < -0.3 is 16.2 Å². The number of anilines is 1. The summed E-state index contributed by atoms with van der Waals surface area (Å²) in [6.07, 6.45) is 1.90. The number of ether oxygens (including phenoxy) is 1. The van der Waals surface area contributed by atoms with Crippen molar-refractivity contribution in [1.82, 2.24) is 19.6 Å². The molecule has 1 amide bonds. The lowest BCUT2D eigenvalue weighted by atomic mass is 10.1. The first-order valence-corrected chi connectivity index (χ1v) is 10.7. The van der Waals surface area contributed by atoms with Gasteiger partial charge in [-0.3, -0.25) is 4.79 Å². The molecule has 0 spiro atoms. The van der Waals surface area contributed by atoms with Crippen molar-refractivity contribution < 1.29 is 9.53 Å². The number of hydrogen-bond acceptors (Lipinski definition) is 6. The van der Waals surface area contributed by atoms with Crippen molar-refractivity contribution in [2.45, 2.75) is 13.0 Å². The Morgan fingerprint density at radius 3 is 2.50 bits per heavy atom. The quantitative estimate of drug-likeness (QED) is 0.390. The molecule has 4 N–H and O–H groups in total. The summed E-state index contributed by atoms with van der Waals surface area (Å²) in [6.45, 7) is 0.464. The number of amides is 1. The van der Waals surface area contributed by atoms with Crippen LogP contribution in [0.15, 0.2) is 85.2 Å². The molecule has 0 saturated carbocycles. The highest BCUT2D eigenvalue weighted by Crippen LogP contribution is 2.30. The minimum atomic E-state index is -0.463. The predicted octanol–water partition coefficient (Wildman–Crippen LogP) is 3.64. The number of imidazole rings is 1. The van der Waals surface area contributed by atoms with Crippen molar-refractivity contribution in [2.24, 2.45) is 5.73 Å². The van der Waals surface area contributed by atoms with Crippen LogP contribution in [0.4, 0.5) is 5.82 Å². The second kappa shape index (κ2) is 9.03. The first kappa shape index (κ1) is 21.1. The van der Waals surface area contributed by atoms with E-state index in [1.54, 1.807) is 16.6 Å². The average molecular weight is 451 g/mol. The Morgan fingerprint density at radius 2 is 1.74 bits per heavy atom. The molecular weight excluding hydrogens is 428 g/mol. The average Bonchev–Trinajstić information content (AvgIpc) is 3.23. The summed E-state index contributed by atoms with van der Waals surface area (Å²) in [5, 5.41) is 4.39. The van der Waals surface area contributed by atoms with Crippen LogP contribution < -0.4 is 16.2 Å². The molecular formula is C26H22N6O2. The Labute approximate surface area is 195 Å². The number of hydrogen-bond donors (Lipinski definition) is 2. The van der Waals surface area contributed by atoms with Crippen LogP contribution in [0.3, 0.4) is 0 Å². The van der Waals surface area contributed by atoms with Gasteiger partial charge in [-0.25, -0.2) is 14.5 Å². The standard InChI is InChI=1S/C26H22N6O2/c27-25-24-23(20-7-4-8-21(14-20)34-15-18-5-2-1-3-6-18)31-22(32(24)30-16-29-25)13-17-9-11-19(12-10-17)26(28)33/h1-12,14,16H,13,15H2,(H2,28,33)(H2,27,29,30). The summed E-state index contributed by atoms with van der Waals surface area (Å²) in [6, 6.07) is 24.8. The molecule has 34 heavy (non-hydrogen) atoms. The smallest absolute Gasteiger partial charge is 0.248 e. The van der Waals surface area contributed by atoms with Gasteiger partial charge in [0.1, 0.15) is 35.7 Å². The summed E-state index contributed by atoms with van der Waals surface area (Å²) in [5.41, 5.74) is 16.2. The maximum Gasteiger partial charge on any atom is 0.248 e. The Hall–Kier alpha value is -4.72. The molecule has 2 aromatic heterocycles. The zero-order valence-electron chi connectivity index (χ0n) is 18.3. The van der Waals surface area contributed by atoms with Crippen LogP contribution in [-0.2, 0) is 13.0 Å². The molecule has 8 nitrogen and oxygen atoms in total. The summed E-state index contributed by atoms with van der Waals surface area (Å²) < 4.78 is 7.70. The van der Waals surface area contributed by atoms with Gasteiger partial charge in [0.15, 0.2) is 5.82 Å². The number of primary amides is 1. The molecule has 0 radical (unpaired) electrons. The molecule has 5 aromatic rings. The largest absolute Gasteiger partial charge is 0.489 e. The number of rotatable bonds is 7. The minimum Gasteiger partial charge on any atom is -0.489 e. The molecule has 0 unspecified atom stereocenters. The minimum absolute atomic E-state index is 0.337. The number of nitrogen functional groups attached to an aromatic ring is 1. The maximum atomic E-state index is 11.4. The number of benzene rings is 3. The highest BCUT2D eigenvalue weighted by atomic mass is 16.5. The first-order valence-electron chi connectivity index (χ1n) is 10.7. The molecule has 0 aliphatic carbocycles. The van der Waals surface area contributed by atoms with Gasteiger partial charge in [-0.15, -0.1) is 0 Å². The number of aromatic nitrogens is 4. The van der Waals surface area contributed by atoms with E-state index in [4.69, 9.17) is 21.2 Å². The second-order valence-electron chi connectivity index (χ2n) is 7.82. The van der Waals surface area contributed by atoms with E-state index in [1.165, 1.54) is 6.33 Å². The lowest BCUT2D eigenvalue weighted by Gasteiger charge is -2.08. The van der Waals surface area contributed by atoms with Gasteiger partial charge in [0.2, 0.25) is 5.91 Å². The molecule has 0 bridgehead atoms. The van der Waals surface area contributed by atoms with E-state index in [0.717, 1.165) is 22.4 Å². The maximum absolute atomic E-state index is 11.4. The summed E-state index contributed by atoms with van der Waals surface area (Å²) in [7, 11) is 0. The monoisotopic (exact) mass is 450 g/mol. The molecule has 0 saturated heterocycles. The van der Waals surface area contributed by atoms with Gasteiger partial charge in [0.25, 0.3) is 0 Å². The molecule has 0 fully saturated rings. The summed E-state index contributed by atoms with van der Waals surface area (Å²) in [5.74, 6) is 1.29. The third-order valence-corrected chi connectivity index (χ3v) is 5.48. The van der Waals surface area contributed by atoms with E-state index in [0.29, 0.717) is 41.4 Å². The van der Waals surface area contributed by atoms with Crippen molar-refractivity contribution in [3.63, 3.8) is 0 Å². The van der Waals surface area contributed by atoms with Gasteiger partial charge in [0.05, 0.1) is 0 Å². The van der Waals surface area contributed by atoms with Crippen molar-refractivity contribution >= 4 is 17.2 Å². The Balaban J connectivity index is 1.48. The van der Waals surface area contributed by atoms with Crippen LogP contribution in [0.2, 0.25) is 0 Å². The molecule has 3 aromatic carbocycles. The summed E-state index contributed by atoms with van der Waals surface area (Å²) >= 11 is 0.